The second kappa shape index (κ2) is 5.03. The van der Waals surface area contributed by atoms with E-state index in [0.29, 0.717) is 0 Å². The average Bonchev–Trinajstić information content (AvgIpc) is 2.25. The van der Waals surface area contributed by atoms with Gasteiger partial charge in [0.25, 0.3) is 0 Å². The van der Waals surface area contributed by atoms with Crippen molar-refractivity contribution in [3.8, 4) is 0 Å². The number of hydrogen-bond donors (Lipinski definition) is 1. The third-order valence-electron chi connectivity index (χ3n) is 2.32. The lowest BCUT2D eigenvalue weighted by Crippen LogP contribution is -2.18. The Labute approximate surface area is 92.2 Å². The van der Waals surface area contributed by atoms with E-state index in [9.17, 15) is 13.6 Å². The molecule has 0 amide bonds. The van der Waals surface area contributed by atoms with E-state index in [1.54, 1.807) is 0 Å². The van der Waals surface area contributed by atoms with Crippen molar-refractivity contribution >= 4 is 5.97 Å². The van der Waals surface area contributed by atoms with E-state index in [-0.39, 0.29) is 17.5 Å². The van der Waals surface area contributed by atoms with Crippen LogP contribution in [0.15, 0.2) is 12.1 Å². The van der Waals surface area contributed by atoms with E-state index >= 15 is 0 Å². The number of carbonyl (C=O) groups excluding carboxylic acids is 1. The molecule has 0 aliphatic carbocycles. The van der Waals surface area contributed by atoms with Crippen molar-refractivity contribution in [3.05, 3.63) is 34.9 Å². The largest absolute Gasteiger partial charge is 0.469 e. The van der Waals surface area contributed by atoms with Crippen LogP contribution in [0, 0.1) is 18.6 Å². The van der Waals surface area contributed by atoms with Gasteiger partial charge in [-0.1, -0.05) is 12.1 Å². The lowest BCUT2D eigenvalue weighted by atomic mass is 10.0. The van der Waals surface area contributed by atoms with Crippen LogP contribution in [0.1, 0.15) is 23.6 Å². The van der Waals surface area contributed by atoms with Gasteiger partial charge in [-0.15, -0.1) is 0 Å². The molecule has 0 saturated heterocycles. The Hall–Kier alpha value is -1.49. The predicted octanol–water partition coefficient (Wildman–Crippen LogP) is 1.84. The normalized spacial score (nSPS) is 12.3. The SMILES string of the molecule is COC(=O)C[C@@H](N)c1ccc(C)c(F)c1F. The minimum absolute atomic E-state index is 0.0199. The molecule has 1 aromatic rings. The number of halogens is 2. The van der Waals surface area contributed by atoms with E-state index in [4.69, 9.17) is 5.73 Å². The van der Waals surface area contributed by atoms with Crippen LogP contribution in [0.25, 0.3) is 0 Å². The van der Waals surface area contributed by atoms with Crippen LogP contribution < -0.4 is 5.73 Å². The van der Waals surface area contributed by atoms with E-state index in [2.05, 4.69) is 4.74 Å². The predicted molar refractivity (Wildman–Crippen MR) is 54.7 cm³/mol. The molecular formula is C11H13F2NO2. The summed E-state index contributed by atoms with van der Waals surface area (Å²) in [5, 5.41) is 0. The van der Waals surface area contributed by atoms with Crippen molar-refractivity contribution in [1.82, 2.24) is 0 Å². The molecular weight excluding hydrogens is 216 g/mol. The quantitative estimate of drug-likeness (QED) is 0.804. The zero-order chi connectivity index (χ0) is 12.3. The van der Waals surface area contributed by atoms with Gasteiger partial charge in [-0.05, 0) is 12.5 Å². The van der Waals surface area contributed by atoms with Gasteiger partial charge in [-0.2, -0.15) is 0 Å². The fourth-order valence-electron chi connectivity index (χ4n) is 1.32. The number of methoxy groups -OCH3 is 1. The first kappa shape index (κ1) is 12.6. The van der Waals surface area contributed by atoms with Crippen LogP contribution in [0.2, 0.25) is 0 Å². The zero-order valence-electron chi connectivity index (χ0n) is 9.09. The van der Waals surface area contributed by atoms with Crippen molar-refractivity contribution in [3.63, 3.8) is 0 Å². The summed E-state index contributed by atoms with van der Waals surface area (Å²) >= 11 is 0. The van der Waals surface area contributed by atoms with Crippen LogP contribution in [-0.4, -0.2) is 13.1 Å². The third kappa shape index (κ3) is 2.55. The number of benzene rings is 1. The molecule has 0 heterocycles. The first-order valence-corrected chi connectivity index (χ1v) is 4.74. The number of carbonyl (C=O) groups is 1. The first-order chi connectivity index (χ1) is 7.47. The summed E-state index contributed by atoms with van der Waals surface area (Å²) < 4.78 is 31.1. The monoisotopic (exact) mass is 229 g/mol. The summed E-state index contributed by atoms with van der Waals surface area (Å²) in [6.07, 6.45) is -0.185. The van der Waals surface area contributed by atoms with E-state index < -0.39 is 23.6 Å². The van der Waals surface area contributed by atoms with Crippen LogP contribution in [0.5, 0.6) is 0 Å². The minimum Gasteiger partial charge on any atom is -0.469 e. The number of rotatable bonds is 3. The Balaban J connectivity index is 2.96. The maximum absolute atomic E-state index is 13.5. The number of aryl methyl sites for hydroxylation is 1. The van der Waals surface area contributed by atoms with Gasteiger partial charge in [0.1, 0.15) is 0 Å². The maximum Gasteiger partial charge on any atom is 0.307 e. The molecule has 0 fully saturated rings. The fraction of sp³-hybridized carbons (Fsp3) is 0.364. The van der Waals surface area contributed by atoms with E-state index in [1.165, 1.54) is 26.2 Å². The van der Waals surface area contributed by atoms with Gasteiger partial charge in [0.15, 0.2) is 11.6 Å². The Kier molecular flexibility index (Phi) is 3.95. The highest BCUT2D eigenvalue weighted by molar-refractivity contribution is 5.70. The number of hydrogen-bond acceptors (Lipinski definition) is 3. The molecule has 5 heteroatoms. The molecule has 0 bridgehead atoms. The molecule has 1 atom stereocenters. The summed E-state index contributed by atoms with van der Waals surface area (Å²) in [6, 6.07) is 1.90. The summed E-state index contributed by atoms with van der Waals surface area (Å²) in [5.41, 5.74) is 5.76. The summed E-state index contributed by atoms with van der Waals surface area (Å²) in [6.45, 7) is 1.45. The molecule has 0 radical (unpaired) electrons. The van der Waals surface area contributed by atoms with Gasteiger partial charge in [0.05, 0.1) is 13.5 Å². The first-order valence-electron chi connectivity index (χ1n) is 4.74. The summed E-state index contributed by atoms with van der Waals surface area (Å²) in [7, 11) is 1.21. The number of esters is 1. The Bertz CT molecular complexity index is 407. The molecule has 0 aromatic heterocycles. The van der Waals surface area contributed by atoms with Crippen molar-refractivity contribution < 1.29 is 18.3 Å². The van der Waals surface area contributed by atoms with Crippen LogP contribution in [-0.2, 0) is 9.53 Å². The molecule has 0 aliphatic heterocycles. The molecule has 3 nitrogen and oxygen atoms in total. The van der Waals surface area contributed by atoms with Gasteiger partial charge < -0.3 is 10.5 Å². The molecule has 0 spiro atoms. The minimum atomic E-state index is -1.00. The second-order valence-electron chi connectivity index (χ2n) is 3.49. The lowest BCUT2D eigenvalue weighted by molar-refractivity contribution is -0.141. The van der Waals surface area contributed by atoms with Crippen molar-refractivity contribution in [2.24, 2.45) is 5.73 Å². The fourth-order valence-corrected chi connectivity index (χ4v) is 1.32. The topological polar surface area (TPSA) is 52.3 Å². The van der Waals surface area contributed by atoms with Gasteiger partial charge in [0.2, 0.25) is 0 Å². The van der Waals surface area contributed by atoms with Gasteiger partial charge in [-0.3, -0.25) is 4.79 Å². The van der Waals surface area contributed by atoms with Gasteiger partial charge >= 0.3 is 5.97 Å². The second-order valence-corrected chi connectivity index (χ2v) is 3.49. The Morgan fingerprint density at radius 1 is 1.44 bits per heavy atom. The van der Waals surface area contributed by atoms with Gasteiger partial charge in [0, 0.05) is 11.6 Å². The number of nitrogens with two attached hydrogens (primary N) is 1. The molecule has 0 saturated carbocycles. The summed E-state index contributed by atoms with van der Waals surface area (Å²) in [5.74, 6) is -2.50. The number of ether oxygens (including phenoxy) is 1. The van der Waals surface area contributed by atoms with Crippen LogP contribution >= 0.6 is 0 Å². The smallest absolute Gasteiger partial charge is 0.307 e. The van der Waals surface area contributed by atoms with E-state index in [0.717, 1.165) is 0 Å². The highest BCUT2D eigenvalue weighted by atomic mass is 19.2. The molecule has 88 valence electrons. The standard InChI is InChI=1S/C11H13F2NO2/c1-6-3-4-7(11(13)10(6)12)8(14)5-9(15)16-2/h3-4,8H,5,14H2,1-2H3/t8-/m1/s1. The maximum atomic E-state index is 13.5. The molecule has 1 aromatic carbocycles. The summed E-state index contributed by atoms with van der Waals surface area (Å²) in [4.78, 5) is 10.9. The third-order valence-corrected chi connectivity index (χ3v) is 2.32. The van der Waals surface area contributed by atoms with Crippen molar-refractivity contribution in [1.29, 1.82) is 0 Å². The van der Waals surface area contributed by atoms with Crippen LogP contribution in [0.4, 0.5) is 8.78 Å². The lowest BCUT2D eigenvalue weighted by Gasteiger charge is -2.12. The molecule has 0 unspecified atom stereocenters. The zero-order valence-corrected chi connectivity index (χ0v) is 9.09. The Morgan fingerprint density at radius 3 is 2.62 bits per heavy atom. The van der Waals surface area contributed by atoms with Crippen LogP contribution in [0.3, 0.4) is 0 Å². The molecule has 2 N–H and O–H groups in total. The molecule has 0 aliphatic rings. The highest BCUT2D eigenvalue weighted by Crippen LogP contribution is 2.22. The Morgan fingerprint density at radius 2 is 2.06 bits per heavy atom. The van der Waals surface area contributed by atoms with Gasteiger partial charge in [-0.25, -0.2) is 8.78 Å². The van der Waals surface area contributed by atoms with E-state index in [1.807, 2.05) is 0 Å². The molecule has 16 heavy (non-hydrogen) atoms. The molecule has 1 rings (SSSR count). The highest BCUT2D eigenvalue weighted by Gasteiger charge is 2.19. The van der Waals surface area contributed by atoms with Crippen molar-refractivity contribution in [2.75, 3.05) is 7.11 Å². The average molecular weight is 229 g/mol. The van der Waals surface area contributed by atoms with Crippen molar-refractivity contribution in [2.45, 2.75) is 19.4 Å².